The van der Waals surface area contributed by atoms with Crippen molar-refractivity contribution in [2.75, 3.05) is 0 Å². The summed E-state index contributed by atoms with van der Waals surface area (Å²) in [4.78, 5) is 0. The maximum absolute atomic E-state index is 10.3. The maximum Gasteiger partial charge on any atom is 0.112 e. The second-order valence-electron chi connectivity index (χ2n) is 5.89. The summed E-state index contributed by atoms with van der Waals surface area (Å²) >= 11 is 0. The molecule has 4 nitrogen and oxygen atoms in total. The Labute approximate surface area is 142 Å². The minimum atomic E-state index is -1.01. The first-order valence-electron chi connectivity index (χ1n) is 8.09. The van der Waals surface area contributed by atoms with E-state index in [2.05, 4.69) is 0 Å². The molecule has 4 atom stereocenters. The summed E-state index contributed by atoms with van der Waals surface area (Å²) in [5, 5.41) is 20.6. The van der Waals surface area contributed by atoms with Crippen LogP contribution in [0, 0.1) is 0 Å². The summed E-state index contributed by atoms with van der Waals surface area (Å²) in [6.07, 6.45) is 0.402. The van der Waals surface area contributed by atoms with E-state index in [1.54, 1.807) is 12.2 Å². The smallest absolute Gasteiger partial charge is 0.112 e. The van der Waals surface area contributed by atoms with Crippen molar-refractivity contribution in [1.82, 2.24) is 0 Å². The van der Waals surface area contributed by atoms with Crippen molar-refractivity contribution < 1.29 is 19.7 Å². The van der Waals surface area contributed by atoms with Gasteiger partial charge in [0.15, 0.2) is 0 Å². The molecule has 0 bridgehead atoms. The predicted octanol–water partition coefficient (Wildman–Crippen LogP) is 2.45. The molecule has 3 rings (SSSR count). The van der Waals surface area contributed by atoms with Crippen LogP contribution in [0.4, 0.5) is 0 Å². The fourth-order valence-corrected chi connectivity index (χ4v) is 2.68. The van der Waals surface area contributed by atoms with Crippen LogP contribution in [0.15, 0.2) is 72.8 Å². The number of ether oxygens (including phenoxy) is 2. The lowest BCUT2D eigenvalue weighted by atomic mass is 9.96. The van der Waals surface area contributed by atoms with Crippen LogP contribution in [0.2, 0.25) is 0 Å². The first kappa shape index (κ1) is 16.9. The number of rotatable bonds is 6. The van der Waals surface area contributed by atoms with Gasteiger partial charge in [-0.3, -0.25) is 0 Å². The Balaban J connectivity index is 1.54. The number of benzene rings is 2. The summed E-state index contributed by atoms with van der Waals surface area (Å²) < 4.78 is 11.4. The topological polar surface area (TPSA) is 58.9 Å². The number of aliphatic hydroxyl groups excluding tert-OH is 2. The highest BCUT2D eigenvalue weighted by Crippen LogP contribution is 2.21. The molecule has 24 heavy (non-hydrogen) atoms. The van der Waals surface area contributed by atoms with Crippen LogP contribution < -0.4 is 0 Å². The SMILES string of the molecule is OC1[C@H](O)C(OCc2ccccc2)C=C[C@@H]1OCc1ccccc1. The second kappa shape index (κ2) is 8.22. The Morgan fingerprint density at radius 3 is 1.38 bits per heavy atom. The summed E-state index contributed by atoms with van der Waals surface area (Å²) in [5.74, 6) is 0. The third-order valence-electron chi connectivity index (χ3n) is 4.08. The standard InChI is InChI=1S/C20H22O4/c21-19-17(23-13-15-7-3-1-4-8-15)11-12-18(20(19)22)24-14-16-9-5-2-6-10-16/h1-12,17-22H,13-14H2/t17-,18?,19?,20+/m0/s1. The van der Waals surface area contributed by atoms with Gasteiger partial charge in [0.05, 0.1) is 13.2 Å². The normalized spacial score (nSPS) is 26.4. The molecule has 4 heteroatoms. The highest BCUT2D eigenvalue weighted by atomic mass is 16.5. The molecule has 2 aromatic carbocycles. The molecule has 0 spiro atoms. The van der Waals surface area contributed by atoms with Gasteiger partial charge in [-0.1, -0.05) is 72.8 Å². The van der Waals surface area contributed by atoms with Gasteiger partial charge in [-0.2, -0.15) is 0 Å². The molecule has 126 valence electrons. The summed E-state index contributed by atoms with van der Waals surface area (Å²) in [6, 6.07) is 19.5. The van der Waals surface area contributed by atoms with Crippen molar-refractivity contribution in [3.8, 4) is 0 Å². The van der Waals surface area contributed by atoms with Crippen molar-refractivity contribution in [3.05, 3.63) is 83.9 Å². The zero-order chi connectivity index (χ0) is 16.8. The van der Waals surface area contributed by atoms with Crippen LogP contribution in [-0.2, 0) is 22.7 Å². The van der Waals surface area contributed by atoms with Crippen LogP contribution in [-0.4, -0.2) is 34.6 Å². The first-order valence-corrected chi connectivity index (χ1v) is 8.09. The van der Waals surface area contributed by atoms with E-state index < -0.39 is 24.4 Å². The number of aliphatic hydroxyl groups is 2. The molecule has 2 N–H and O–H groups in total. The van der Waals surface area contributed by atoms with Gasteiger partial charge in [-0.15, -0.1) is 0 Å². The van der Waals surface area contributed by atoms with E-state index in [4.69, 9.17) is 9.47 Å². The van der Waals surface area contributed by atoms with Gasteiger partial charge in [0, 0.05) is 0 Å². The molecule has 0 heterocycles. The van der Waals surface area contributed by atoms with Crippen molar-refractivity contribution in [2.24, 2.45) is 0 Å². The monoisotopic (exact) mass is 326 g/mol. The molecular formula is C20H22O4. The molecule has 2 unspecified atom stereocenters. The van der Waals surface area contributed by atoms with E-state index in [1.807, 2.05) is 60.7 Å². The molecule has 0 amide bonds. The van der Waals surface area contributed by atoms with E-state index in [-0.39, 0.29) is 0 Å². The van der Waals surface area contributed by atoms with Gasteiger partial charge < -0.3 is 19.7 Å². The van der Waals surface area contributed by atoms with Gasteiger partial charge in [0.25, 0.3) is 0 Å². The first-order chi connectivity index (χ1) is 11.7. The van der Waals surface area contributed by atoms with Crippen molar-refractivity contribution in [3.63, 3.8) is 0 Å². The molecular weight excluding hydrogens is 304 g/mol. The highest BCUT2D eigenvalue weighted by Gasteiger charge is 2.35. The second-order valence-corrected chi connectivity index (χ2v) is 5.89. The van der Waals surface area contributed by atoms with Crippen LogP contribution >= 0.6 is 0 Å². The summed E-state index contributed by atoms with van der Waals surface area (Å²) in [5.41, 5.74) is 2.05. The van der Waals surface area contributed by atoms with Gasteiger partial charge in [-0.25, -0.2) is 0 Å². The van der Waals surface area contributed by atoms with Gasteiger partial charge in [0.2, 0.25) is 0 Å². The van der Waals surface area contributed by atoms with E-state index >= 15 is 0 Å². The van der Waals surface area contributed by atoms with Crippen LogP contribution in [0.1, 0.15) is 11.1 Å². The molecule has 1 aliphatic carbocycles. The van der Waals surface area contributed by atoms with E-state index in [1.165, 1.54) is 0 Å². The van der Waals surface area contributed by atoms with Crippen molar-refractivity contribution in [2.45, 2.75) is 37.6 Å². The molecule has 0 aromatic heterocycles. The lowest BCUT2D eigenvalue weighted by molar-refractivity contribution is -0.127. The maximum atomic E-state index is 10.3. The third-order valence-corrected chi connectivity index (χ3v) is 4.08. The Bertz CT molecular complexity index is 584. The van der Waals surface area contributed by atoms with Crippen LogP contribution in [0.3, 0.4) is 0 Å². The quantitative estimate of drug-likeness (QED) is 0.801. The van der Waals surface area contributed by atoms with E-state index in [0.717, 1.165) is 11.1 Å². The van der Waals surface area contributed by atoms with Gasteiger partial charge in [-0.05, 0) is 11.1 Å². The average molecular weight is 326 g/mol. The summed E-state index contributed by atoms with van der Waals surface area (Å²) in [7, 11) is 0. The van der Waals surface area contributed by atoms with Crippen molar-refractivity contribution >= 4 is 0 Å². The number of hydrogen-bond acceptors (Lipinski definition) is 4. The van der Waals surface area contributed by atoms with Crippen molar-refractivity contribution in [1.29, 1.82) is 0 Å². The minimum absolute atomic E-state index is 0.384. The van der Waals surface area contributed by atoms with E-state index in [0.29, 0.717) is 13.2 Å². The molecule has 0 fully saturated rings. The largest absolute Gasteiger partial charge is 0.387 e. The fraction of sp³-hybridized carbons (Fsp3) is 0.300. The van der Waals surface area contributed by atoms with Gasteiger partial charge in [0.1, 0.15) is 24.4 Å². The Morgan fingerprint density at radius 1 is 0.625 bits per heavy atom. The zero-order valence-electron chi connectivity index (χ0n) is 13.4. The highest BCUT2D eigenvalue weighted by molar-refractivity contribution is 5.16. The molecule has 0 radical (unpaired) electrons. The Hall–Kier alpha value is -1.98. The lowest BCUT2D eigenvalue weighted by Gasteiger charge is -2.33. The molecule has 0 saturated carbocycles. The van der Waals surface area contributed by atoms with E-state index in [9.17, 15) is 10.2 Å². The average Bonchev–Trinajstić information content (AvgIpc) is 2.64. The van der Waals surface area contributed by atoms with Crippen LogP contribution in [0.5, 0.6) is 0 Å². The number of hydrogen-bond donors (Lipinski definition) is 2. The molecule has 1 aliphatic rings. The molecule has 0 aliphatic heterocycles. The predicted molar refractivity (Wildman–Crippen MR) is 91.2 cm³/mol. The Kier molecular flexibility index (Phi) is 5.77. The summed E-state index contributed by atoms with van der Waals surface area (Å²) in [6.45, 7) is 0.768. The third kappa shape index (κ3) is 4.30. The minimum Gasteiger partial charge on any atom is -0.387 e. The zero-order valence-corrected chi connectivity index (χ0v) is 13.4. The molecule has 2 aromatic rings. The fourth-order valence-electron chi connectivity index (χ4n) is 2.68. The lowest BCUT2D eigenvalue weighted by Crippen LogP contribution is -2.48. The van der Waals surface area contributed by atoms with Gasteiger partial charge >= 0.3 is 0 Å². The van der Waals surface area contributed by atoms with Crippen LogP contribution in [0.25, 0.3) is 0 Å². The molecule has 0 saturated heterocycles. The Morgan fingerprint density at radius 2 is 1.00 bits per heavy atom.